The zero-order valence-corrected chi connectivity index (χ0v) is 12.5. The summed E-state index contributed by atoms with van der Waals surface area (Å²) in [5, 5.41) is -0.549. The molecule has 2 rings (SSSR count). The molecule has 0 aromatic heterocycles. The molecule has 2 nitrogen and oxygen atoms in total. The molecule has 1 aliphatic rings. The van der Waals surface area contributed by atoms with Gasteiger partial charge in [-0.05, 0) is 23.8 Å². The summed E-state index contributed by atoms with van der Waals surface area (Å²) in [6, 6.07) is 9.60. The van der Waals surface area contributed by atoms with Crippen molar-refractivity contribution < 1.29 is 4.79 Å². The van der Waals surface area contributed by atoms with Crippen LogP contribution in [0.1, 0.15) is 44.1 Å². The topological polar surface area (TPSA) is 20.3 Å². The molecule has 1 atom stereocenters. The highest BCUT2D eigenvalue weighted by Gasteiger charge is 2.32. The largest absolute Gasteiger partial charge is 0.341 e. The first-order valence-corrected chi connectivity index (χ1v) is 7.47. The van der Waals surface area contributed by atoms with Crippen LogP contribution in [0.15, 0.2) is 30.3 Å². The second-order valence-electron chi connectivity index (χ2n) is 5.76. The minimum Gasteiger partial charge on any atom is -0.341 e. The quantitative estimate of drug-likeness (QED) is 0.766. The maximum Gasteiger partial charge on any atom is 0.245 e. The van der Waals surface area contributed by atoms with Crippen LogP contribution >= 0.6 is 11.6 Å². The Morgan fingerprint density at radius 1 is 1.32 bits per heavy atom. The molecule has 0 spiro atoms. The number of nitrogens with zero attached hydrogens (tertiary/aromatic N) is 1. The number of carbonyl (C=O) groups is 1. The van der Waals surface area contributed by atoms with E-state index in [0.717, 1.165) is 31.5 Å². The Morgan fingerprint density at radius 3 is 2.42 bits per heavy atom. The number of likely N-dealkylation sites (tertiary alicyclic amines) is 1. The highest BCUT2D eigenvalue weighted by Crippen LogP contribution is 2.35. The summed E-state index contributed by atoms with van der Waals surface area (Å²) in [5.41, 5.74) is 1.28. The van der Waals surface area contributed by atoms with Crippen LogP contribution in [0.4, 0.5) is 0 Å². The van der Waals surface area contributed by atoms with Gasteiger partial charge >= 0.3 is 0 Å². The molecule has 1 heterocycles. The van der Waals surface area contributed by atoms with E-state index in [-0.39, 0.29) is 5.91 Å². The normalized spacial score (nSPS) is 20.1. The number of amides is 1. The molecule has 1 fully saturated rings. The van der Waals surface area contributed by atoms with E-state index in [0.29, 0.717) is 5.41 Å². The van der Waals surface area contributed by atoms with E-state index in [2.05, 4.69) is 13.8 Å². The number of carbonyl (C=O) groups excluding carboxylic acids is 1. The Balaban J connectivity index is 1.98. The van der Waals surface area contributed by atoms with Gasteiger partial charge in [-0.2, -0.15) is 0 Å². The molecule has 0 N–H and O–H groups in total. The van der Waals surface area contributed by atoms with Crippen LogP contribution in [-0.2, 0) is 4.79 Å². The summed E-state index contributed by atoms with van der Waals surface area (Å²) in [6.45, 7) is 6.20. The first kappa shape index (κ1) is 14.4. The highest BCUT2D eigenvalue weighted by molar-refractivity contribution is 6.30. The van der Waals surface area contributed by atoms with E-state index in [4.69, 9.17) is 11.6 Å². The van der Waals surface area contributed by atoms with E-state index in [1.165, 1.54) is 6.42 Å². The molecule has 0 saturated carbocycles. The Hall–Kier alpha value is -1.02. The van der Waals surface area contributed by atoms with Crippen molar-refractivity contribution in [1.82, 2.24) is 4.90 Å². The Bertz CT molecular complexity index is 424. The van der Waals surface area contributed by atoms with Crippen LogP contribution in [0, 0.1) is 5.41 Å². The lowest BCUT2D eigenvalue weighted by Crippen LogP contribution is -2.43. The number of benzene rings is 1. The van der Waals surface area contributed by atoms with Crippen molar-refractivity contribution in [2.45, 2.75) is 38.5 Å². The van der Waals surface area contributed by atoms with Crippen LogP contribution < -0.4 is 0 Å². The predicted octanol–water partition coefficient (Wildman–Crippen LogP) is 4.01. The summed E-state index contributed by atoms with van der Waals surface area (Å²) in [4.78, 5) is 14.3. The average Bonchev–Trinajstić information content (AvgIpc) is 2.47. The van der Waals surface area contributed by atoms with Crippen molar-refractivity contribution in [2.75, 3.05) is 13.1 Å². The van der Waals surface area contributed by atoms with E-state index < -0.39 is 5.38 Å². The van der Waals surface area contributed by atoms with Gasteiger partial charge in [0.2, 0.25) is 5.91 Å². The standard InChI is InChI=1S/C16H22ClNO/c1-3-16(2)9-11-18(12-10-16)15(19)14(17)13-7-5-4-6-8-13/h4-8,14H,3,9-12H2,1-2H3. The molecule has 3 heteroatoms. The molecule has 1 aliphatic heterocycles. The van der Waals surface area contributed by atoms with Gasteiger partial charge < -0.3 is 4.90 Å². The zero-order valence-electron chi connectivity index (χ0n) is 11.7. The lowest BCUT2D eigenvalue weighted by molar-refractivity contribution is -0.133. The average molecular weight is 280 g/mol. The van der Waals surface area contributed by atoms with Gasteiger partial charge in [-0.1, -0.05) is 50.6 Å². The van der Waals surface area contributed by atoms with Gasteiger partial charge in [0.15, 0.2) is 0 Å². The van der Waals surface area contributed by atoms with E-state index in [1.54, 1.807) is 0 Å². The zero-order chi connectivity index (χ0) is 13.9. The number of alkyl halides is 1. The SMILES string of the molecule is CCC1(C)CCN(C(=O)C(Cl)c2ccccc2)CC1. The fourth-order valence-corrected chi connectivity index (χ4v) is 2.83. The highest BCUT2D eigenvalue weighted by atomic mass is 35.5. The third-order valence-electron chi connectivity index (χ3n) is 4.44. The molecule has 19 heavy (non-hydrogen) atoms. The fraction of sp³-hybridized carbons (Fsp3) is 0.562. The molecule has 1 aromatic carbocycles. The van der Waals surface area contributed by atoms with E-state index in [9.17, 15) is 4.79 Å². The van der Waals surface area contributed by atoms with Crippen molar-refractivity contribution in [3.05, 3.63) is 35.9 Å². The number of rotatable bonds is 3. The van der Waals surface area contributed by atoms with Gasteiger partial charge in [-0.3, -0.25) is 4.79 Å². The minimum absolute atomic E-state index is 0.0472. The molecular weight excluding hydrogens is 258 g/mol. The van der Waals surface area contributed by atoms with Gasteiger partial charge in [-0.15, -0.1) is 11.6 Å². The van der Waals surface area contributed by atoms with Gasteiger partial charge in [0, 0.05) is 13.1 Å². The third kappa shape index (κ3) is 3.30. The van der Waals surface area contributed by atoms with Crippen molar-refractivity contribution in [2.24, 2.45) is 5.41 Å². The van der Waals surface area contributed by atoms with Crippen molar-refractivity contribution in [3.63, 3.8) is 0 Å². The summed E-state index contributed by atoms with van der Waals surface area (Å²) in [5.74, 6) is 0.0472. The Kier molecular flexibility index (Phi) is 4.51. The minimum atomic E-state index is -0.549. The maximum atomic E-state index is 12.4. The van der Waals surface area contributed by atoms with Crippen molar-refractivity contribution in [1.29, 1.82) is 0 Å². The van der Waals surface area contributed by atoms with Gasteiger partial charge in [-0.25, -0.2) is 0 Å². The van der Waals surface area contributed by atoms with Crippen LogP contribution in [-0.4, -0.2) is 23.9 Å². The summed E-state index contributed by atoms with van der Waals surface area (Å²) < 4.78 is 0. The Morgan fingerprint density at radius 2 is 1.89 bits per heavy atom. The van der Waals surface area contributed by atoms with Crippen LogP contribution in [0.25, 0.3) is 0 Å². The predicted molar refractivity (Wildman–Crippen MR) is 79.2 cm³/mol. The molecule has 0 radical (unpaired) electrons. The fourth-order valence-electron chi connectivity index (χ4n) is 2.55. The number of hydrogen-bond acceptors (Lipinski definition) is 1. The molecule has 1 amide bonds. The van der Waals surface area contributed by atoms with Gasteiger partial charge in [0.25, 0.3) is 0 Å². The van der Waals surface area contributed by atoms with E-state index >= 15 is 0 Å². The first-order valence-electron chi connectivity index (χ1n) is 7.03. The lowest BCUT2D eigenvalue weighted by Gasteiger charge is -2.39. The molecule has 1 saturated heterocycles. The number of piperidine rings is 1. The van der Waals surface area contributed by atoms with Crippen LogP contribution in [0.2, 0.25) is 0 Å². The van der Waals surface area contributed by atoms with Crippen molar-refractivity contribution >= 4 is 17.5 Å². The second-order valence-corrected chi connectivity index (χ2v) is 6.20. The third-order valence-corrected chi connectivity index (χ3v) is 4.88. The Labute approximate surface area is 120 Å². The molecule has 1 aromatic rings. The van der Waals surface area contributed by atoms with E-state index in [1.807, 2.05) is 35.2 Å². The first-order chi connectivity index (χ1) is 9.06. The summed E-state index contributed by atoms with van der Waals surface area (Å²) in [7, 11) is 0. The summed E-state index contributed by atoms with van der Waals surface area (Å²) in [6.07, 6.45) is 3.33. The van der Waals surface area contributed by atoms with Gasteiger partial charge in [0.1, 0.15) is 5.38 Å². The molecular formula is C16H22ClNO. The van der Waals surface area contributed by atoms with Crippen LogP contribution in [0.3, 0.4) is 0 Å². The summed E-state index contributed by atoms with van der Waals surface area (Å²) >= 11 is 6.30. The molecule has 0 bridgehead atoms. The smallest absolute Gasteiger partial charge is 0.245 e. The lowest BCUT2D eigenvalue weighted by atomic mass is 9.78. The maximum absolute atomic E-state index is 12.4. The van der Waals surface area contributed by atoms with Crippen molar-refractivity contribution in [3.8, 4) is 0 Å². The van der Waals surface area contributed by atoms with Crippen LogP contribution in [0.5, 0.6) is 0 Å². The second kappa shape index (κ2) is 5.96. The number of hydrogen-bond donors (Lipinski definition) is 0. The molecule has 0 aliphatic carbocycles. The number of halogens is 1. The molecule has 1 unspecified atom stereocenters. The monoisotopic (exact) mass is 279 g/mol. The van der Waals surface area contributed by atoms with Gasteiger partial charge in [0.05, 0.1) is 0 Å². The molecule has 104 valence electrons.